The molecular formula is C29H35N3O6S. The van der Waals surface area contributed by atoms with Gasteiger partial charge in [0.05, 0.1) is 25.7 Å². The van der Waals surface area contributed by atoms with Crippen LogP contribution in [0.2, 0.25) is 0 Å². The zero-order valence-electron chi connectivity index (χ0n) is 23.0. The molecule has 1 aromatic heterocycles. The van der Waals surface area contributed by atoms with Crippen molar-refractivity contribution in [2.75, 3.05) is 33.9 Å². The molecule has 0 saturated carbocycles. The van der Waals surface area contributed by atoms with Gasteiger partial charge < -0.3 is 19.3 Å². The van der Waals surface area contributed by atoms with E-state index in [2.05, 4.69) is 0 Å². The quantitative estimate of drug-likeness (QED) is 0.209. The molecule has 39 heavy (non-hydrogen) atoms. The predicted octanol–water partition coefficient (Wildman–Crippen LogP) is 5.35. The first-order valence-corrected chi connectivity index (χ1v) is 13.6. The van der Waals surface area contributed by atoms with E-state index in [0.29, 0.717) is 37.6 Å². The summed E-state index contributed by atoms with van der Waals surface area (Å²) in [7, 11) is 3.16. The number of nitro benzene ring substituents is 1. The van der Waals surface area contributed by atoms with Crippen LogP contribution >= 0.6 is 11.3 Å². The number of methoxy groups -OCH3 is 2. The number of thiophene rings is 1. The minimum atomic E-state index is -0.534. The maximum absolute atomic E-state index is 13.7. The number of non-ortho nitro benzene ring substituents is 1. The molecule has 0 saturated heterocycles. The van der Waals surface area contributed by atoms with Crippen molar-refractivity contribution in [3.63, 3.8) is 0 Å². The van der Waals surface area contributed by atoms with Gasteiger partial charge in [0.15, 0.2) is 11.5 Å². The van der Waals surface area contributed by atoms with E-state index in [1.807, 2.05) is 50.4 Å². The number of rotatable bonds is 13. The highest BCUT2D eigenvalue weighted by molar-refractivity contribution is 7.10. The Labute approximate surface area is 233 Å². The molecule has 10 heteroatoms. The van der Waals surface area contributed by atoms with E-state index in [4.69, 9.17) is 9.47 Å². The summed E-state index contributed by atoms with van der Waals surface area (Å²) in [6, 6.07) is 13.3. The van der Waals surface area contributed by atoms with Crippen LogP contribution < -0.4 is 9.47 Å². The molecule has 2 aromatic carbocycles. The Balaban J connectivity index is 1.84. The number of carbonyl (C=O) groups excluding carboxylic acids is 2. The van der Waals surface area contributed by atoms with Crippen LogP contribution in [0, 0.1) is 23.0 Å². The van der Waals surface area contributed by atoms with Crippen LogP contribution in [0.25, 0.3) is 0 Å². The van der Waals surface area contributed by atoms with Crippen LogP contribution in [0.5, 0.6) is 11.5 Å². The molecule has 3 rings (SSSR count). The number of hydrogen-bond acceptors (Lipinski definition) is 7. The summed E-state index contributed by atoms with van der Waals surface area (Å²) in [5, 5.41) is 13.2. The van der Waals surface area contributed by atoms with Crippen molar-refractivity contribution >= 4 is 28.8 Å². The normalized spacial score (nSPS) is 10.8. The van der Waals surface area contributed by atoms with Gasteiger partial charge in [0.2, 0.25) is 5.91 Å². The summed E-state index contributed by atoms with van der Waals surface area (Å²) >= 11 is 1.59. The minimum absolute atomic E-state index is 0.0974. The van der Waals surface area contributed by atoms with Crippen molar-refractivity contribution < 1.29 is 24.0 Å². The third-order valence-corrected chi connectivity index (χ3v) is 7.28. The van der Waals surface area contributed by atoms with Gasteiger partial charge in [0, 0.05) is 35.7 Å². The summed E-state index contributed by atoms with van der Waals surface area (Å²) in [5.41, 5.74) is 2.11. The van der Waals surface area contributed by atoms with Gasteiger partial charge in [-0.2, -0.15) is 0 Å². The van der Waals surface area contributed by atoms with Gasteiger partial charge in [0.1, 0.15) is 6.54 Å². The molecule has 1 heterocycles. The van der Waals surface area contributed by atoms with Crippen LogP contribution in [-0.2, 0) is 17.8 Å². The number of nitrogens with zero attached hydrogens (tertiary/aromatic N) is 3. The lowest BCUT2D eigenvalue weighted by atomic mass is 10.1. The third kappa shape index (κ3) is 8.03. The van der Waals surface area contributed by atoms with E-state index in [9.17, 15) is 19.7 Å². The second kappa shape index (κ2) is 13.7. The van der Waals surface area contributed by atoms with E-state index in [-0.39, 0.29) is 29.6 Å². The van der Waals surface area contributed by atoms with E-state index in [1.165, 1.54) is 29.2 Å². The van der Waals surface area contributed by atoms with Gasteiger partial charge >= 0.3 is 0 Å². The van der Waals surface area contributed by atoms with Crippen molar-refractivity contribution in [3.05, 3.63) is 85.6 Å². The molecule has 0 spiro atoms. The Bertz CT molecular complexity index is 1310. The van der Waals surface area contributed by atoms with E-state index in [0.717, 1.165) is 16.0 Å². The van der Waals surface area contributed by atoms with Gasteiger partial charge in [-0.15, -0.1) is 11.3 Å². The SMILES string of the molecule is COc1ccc(CCN(Cc2sccc2C)C(=O)CN(CC(C)C)C(=O)c2cccc([N+](=O)[O-])c2)cc1OC. The second-order valence-electron chi connectivity index (χ2n) is 9.67. The zero-order valence-corrected chi connectivity index (χ0v) is 23.8. The van der Waals surface area contributed by atoms with Crippen LogP contribution in [0.3, 0.4) is 0 Å². The molecule has 3 aromatic rings. The average Bonchev–Trinajstić information content (AvgIpc) is 3.33. The standard InChI is InChI=1S/C29H35N3O6S/c1-20(2)17-31(29(34)23-7-6-8-24(16-23)32(35)36)19-28(33)30(18-27-21(3)12-14-39-27)13-11-22-9-10-25(37-4)26(15-22)38-5/h6-10,12,14-16,20H,11,13,17-19H2,1-5H3. The van der Waals surface area contributed by atoms with Gasteiger partial charge in [0.25, 0.3) is 11.6 Å². The maximum Gasteiger partial charge on any atom is 0.270 e. The monoisotopic (exact) mass is 553 g/mol. The molecule has 0 bridgehead atoms. The van der Waals surface area contributed by atoms with Gasteiger partial charge in [-0.25, -0.2) is 0 Å². The summed E-state index contributed by atoms with van der Waals surface area (Å²) in [6.07, 6.45) is 0.583. The lowest BCUT2D eigenvalue weighted by molar-refractivity contribution is -0.384. The molecule has 0 atom stereocenters. The van der Waals surface area contributed by atoms with Crippen LogP contribution in [0.4, 0.5) is 5.69 Å². The number of hydrogen-bond donors (Lipinski definition) is 0. The van der Waals surface area contributed by atoms with Crippen LogP contribution in [0.15, 0.2) is 53.9 Å². The van der Waals surface area contributed by atoms with Crippen LogP contribution in [-0.4, -0.2) is 60.4 Å². The molecule has 0 radical (unpaired) electrons. The first-order valence-electron chi connectivity index (χ1n) is 12.7. The fourth-order valence-corrected chi connectivity index (χ4v) is 5.11. The Kier molecular flexibility index (Phi) is 10.4. The molecule has 9 nitrogen and oxygen atoms in total. The predicted molar refractivity (Wildman–Crippen MR) is 152 cm³/mol. The van der Waals surface area contributed by atoms with Crippen molar-refractivity contribution in [2.45, 2.75) is 33.7 Å². The maximum atomic E-state index is 13.7. The number of ether oxygens (including phenoxy) is 2. The first-order chi connectivity index (χ1) is 18.6. The summed E-state index contributed by atoms with van der Waals surface area (Å²) < 4.78 is 10.8. The van der Waals surface area contributed by atoms with Crippen molar-refractivity contribution in [2.24, 2.45) is 5.92 Å². The van der Waals surface area contributed by atoms with E-state index < -0.39 is 10.8 Å². The first kappa shape index (κ1) is 29.6. The molecule has 208 valence electrons. The van der Waals surface area contributed by atoms with Gasteiger partial charge in [-0.05, 0) is 60.0 Å². The molecule has 0 aliphatic rings. The van der Waals surface area contributed by atoms with Crippen molar-refractivity contribution in [1.29, 1.82) is 0 Å². The Hall–Kier alpha value is -3.92. The largest absolute Gasteiger partial charge is 0.493 e. The smallest absolute Gasteiger partial charge is 0.270 e. The highest BCUT2D eigenvalue weighted by Crippen LogP contribution is 2.28. The Morgan fingerprint density at radius 1 is 1.03 bits per heavy atom. The molecular weight excluding hydrogens is 518 g/mol. The number of aryl methyl sites for hydroxylation is 1. The van der Waals surface area contributed by atoms with E-state index >= 15 is 0 Å². The number of carbonyl (C=O) groups is 2. The minimum Gasteiger partial charge on any atom is -0.493 e. The Morgan fingerprint density at radius 3 is 2.38 bits per heavy atom. The zero-order chi connectivity index (χ0) is 28.5. The fourth-order valence-electron chi connectivity index (χ4n) is 4.19. The molecule has 0 fully saturated rings. The molecule has 0 N–H and O–H groups in total. The van der Waals surface area contributed by atoms with Crippen LogP contribution in [0.1, 0.15) is 40.2 Å². The number of amides is 2. The second-order valence-corrected chi connectivity index (χ2v) is 10.7. The summed E-state index contributed by atoms with van der Waals surface area (Å²) in [6.45, 7) is 7.01. The van der Waals surface area contributed by atoms with Gasteiger partial charge in [-0.1, -0.05) is 26.0 Å². The fraction of sp³-hybridized carbons (Fsp3) is 0.379. The lowest BCUT2D eigenvalue weighted by Crippen LogP contribution is -2.44. The number of nitro groups is 1. The Morgan fingerprint density at radius 2 is 1.77 bits per heavy atom. The van der Waals surface area contributed by atoms with E-state index in [1.54, 1.807) is 30.5 Å². The molecule has 0 unspecified atom stereocenters. The number of benzene rings is 2. The summed E-state index contributed by atoms with van der Waals surface area (Å²) in [4.78, 5) is 42.2. The molecule has 0 aliphatic carbocycles. The molecule has 0 aliphatic heterocycles. The average molecular weight is 554 g/mol. The summed E-state index contributed by atoms with van der Waals surface area (Å²) in [5.74, 6) is 0.746. The molecule has 2 amide bonds. The van der Waals surface area contributed by atoms with Crippen molar-refractivity contribution in [3.8, 4) is 11.5 Å². The highest BCUT2D eigenvalue weighted by Gasteiger charge is 2.25. The lowest BCUT2D eigenvalue weighted by Gasteiger charge is -2.29. The van der Waals surface area contributed by atoms with Crippen molar-refractivity contribution in [1.82, 2.24) is 9.80 Å². The topological polar surface area (TPSA) is 102 Å². The van der Waals surface area contributed by atoms with Gasteiger partial charge in [-0.3, -0.25) is 19.7 Å². The third-order valence-electron chi connectivity index (χ3n) is 6.28. The highest BCUT2D eigenvalue weighted by atomic mass is 32.1.